The summed E-state index contributed by atoms with van der Waals surface area (Å²) < 4.78 is 26.5. The molecule has 0 N–H and O–H groups in total. The van der Waals surface area contributed by atoms with Crippen LogP contribution in [0.3, 0.4) is 0 Å². The second-order valence-electron chi connectivity index (χ2n) is 8.05. The smallest absolute Gasteiger partial charge is 0.338 e. The molecule has 2 saturated heterocycles. The van der Waals surface area contributed by atoms with Gasteiger partial charge in [0.2, 0.25) is 0 Å². The lowest BCUT2D eigenvalue weighted by Gasteiger charge is -2.17. The predicted octanol–water partition coefficient (Wildman–Crippen LogP) is 3.80. The van der Waals surface area contributed by atoms with Crippen LogP contribution in [0.4, 0.5) is 0 Å². The van der Waals surface area contributed by atoms with Crippen molar-refractivity contribution < 1.29 is 23.7 Å². The van der Waals surface area contributed by atoms with E-state index in [0.29, 0.717) is 63.7 Å². The summed E-state index contributed by atoms with van der Waals surface area (Å²) >= 11 is 8.29. The number of carbonyl (C=O) groups is 1. The monoisotopic (exact) mass is 535 g/mol. The molecule has 0 aliphatic carbocycles. The number of rotatable bonds is 8. The van der Waals surface area contributed by atoms with E-state index in [0.717, 1.165) is 18.5 Å². The number of benzene rings is 1. The summed E-state index contributed by atoms with van der Waals surface area (Å²) in [6.07, 6.45) is 1.55. The Balaban J connectivity index is 1.55. The van der Waals surface area contributed by atoms with Crippen molar-refractivity contribution in [2.75, 3.05) is 32.2 Å². The SMILES string of the molecule is CCOC(=O)c1ccc(-n2c(=S)sc3c(=O)n(CC4CCCO4)c(SCC4OCCO4)nc32)cc1. The van der Waals surface area contributed by atoms with Gasteiger partial charge in [0.05, 0.1) is 43.8 Å². The lowest BCUT2D eigenvalue weighted by Crippen LogP contribution is -2.29. The molecule has 2 fully saturated rings. The highest BCUT2D eigenvalue weighted by Gasteiger charge is 2.24. The van der Waals surface area contributed by atoms with Gasteiger partial charge in [-0.3, -0.25) is 13.9 Å². The van der Waals surface area contributed by atoms with E-state index >= 15 is 0 Å². The maximum absolute atomic E-state index is 13.6. The highest BCUT2D eigenvalue weighted by molar-refractivity contribution is 7.99. The van der Waals surface area contributed by atoms with E-state index in [4.69, 9.17) is 36.1 Å². The highest BCUT2D eigenvalue weighted by Crippen LogP contribution is 2.28. The number of esters is 1. The highest BCUT2D eigenvalue weighted by atomic mass is 32.2. The molecule has 1 atom stereocenters. The molecule has 9 nitrogen and oxygen atoms in total. The average molecular weight is 536 g/mol. The molecule has 5 rings (SSSR count). The van der Waals surface area contributed by atoms with Gasteiger partial charge in [-0.15, -0.1) is 0 Å². The zero-order valence-corrected chi connectivity index (χ0v) is 21.6. The van der Waals surface area contributed by atoms with Gasteiger partial charge in [0.15, 0.2) is 21.0 Å². The van der Waals surface area contributed by atoms with Crippen LogP contribution in [0.5, 0.6) is 0 Å². The van der Waals surface area contributed by atoms with Crippen LogP contribution < -0.4 is 5.56 Å². The predicted molar refractivity (Wildman–Crippen MR) is 135 cm³/mol. The lowest BCUT2D eigenvalue weighted by atomic mass is 10.2. The van der Waals surface area contributed by atoms with E-state index in [1.807, 2.05) is 0 Å². The number of fused-ring (bicyclic) bond motifs is 1. The minimum absolute atomic E-state index is 0.0178. The molecule has 3 aromatic rings. The van der Waals surface area contributed by atoms with Crippen LogP contribution in [0.25, 0.3) is 16.0 Å². The fourth-order valence-corrected chi connectivity index (χ4v) is 6.33. The van der Waals surface area contributed by atoms with Gasteiger partial charge in [-0.05, 0) is 56.2 Å². The lowest BCUT2D eigenvalue weighted by molar-refractivity contribution is -0.0215. The first-order valence-electron chi connectivity index (χ1n) is 11.5. The van der Waals surface area contributed by atoms with Crippen LogP contribution in [0.2, 0.25) is 0 Å². The number of nitrogens with zero attached hydrogens (tertiary/aromatic N) is 3. The molecule has 2 aromatic heterocycles. The van der Waals surface area contributed by atoms with E-state index in [-0.39, 0.29) is 23.9 Å². The molecule has 35 heavy (non-hydrogen) atoms. The third kappa shape index (κ3) is 5.23. The Bertz CT molecular complexity index is 1320. The van der Waals surface area contributed by atoms with Crippen molar-refractivity contribution in [3.05, 3.63) is 44.1 Å². The van der Waals surface area contributed by atoms with Crippen LogP contribution in [0.1, 0.15) is 30.1 Å². The number of hydrogen-bond acceptors (Lipinski definition) is 10. The zero-order valence-electron chi connectivity index (χ0n) is 19.1. The van der Waals surface area contributed by atoms with Crippen LogP contribution >= 0.6 is 35.3 Å². The van der Waals surface area contributed by atoms with Crippen molar-refractivity contribution in [3.8, 4) is 5.69 Å². The fraction of sp³-hybridized carbons (Fsp3) is 0.478. The Morgan fingerprint density at radius 2 is 2.00 bits per heavy atom. The second-order valence-corrected chi connectivity index (χ2v) is 10.7. The third-order valence-corrected chi connectivity index (χ3v) is 8.10. The maximum Gasteiger partial charge on any atom is 0.338 e. The molecule has 2 aliphatic heterocycles. The maximum atomic E-state index is 13.6. The van der Waals surface area contributed by atoms with Gasteiger partial charge in [0.1, 0.15) is 4.70 Å². The fourth-order valence-electron chi connectivity index (χ4n) is 4.06. The van der Waals surface area contributed by atoms with E-state index in [9.17, 15) is 9.59 Å². The Morgan fingerprint density at radius 1 is 1.23 bits per heavy atom. The summed E-state index contributed by atoms with van der Waals surface area (Å²) in [5.74, 6) is 0.130. The van der Waals surface area contributed by atoms with Crippen molar-refractivity contribution in [1.82, 2.24) is 14.1 Å². The number of ether oxygens (including phenoxy) is 4. The molecule has 1 aromatic carbocycles. The molecular formula is C23H25N3O6S3. The van der Waals surface area contributed by atoms with E-state index in [1.54, 1.807) is 40.3 Å². The van der Waals surface area contributed by atoms with E-state index in [1.165, 1.54) is 23.1 Å². The summed E-state index contributed by atoms with van der Waals surface area (Å²) in [5.41, 5.74) is 1.52. The number of thioether (sulfide) groups is 1. The Hall–Kier alpha value is -2.09. The Morgan fingerprint density at radius 3 is 2.69 bits per heavy atom. The van der Waals surface area contributed by atoms with Crippen molar-refractivity contribution in [2.45, 2.75) is 43.9 Å². The first-order valence-corrected chi connectivity index (χ1v) is 13.7. The second kappa shape index (κ2) is 10.9. The molecule has 0 saturated carbocycles. The van der Waals surface area contributed by atoms with Crippen molar-refractivity contribution in [3.63, 3.8) is 0 Å². The van der Waals surface area contributed by atoms with Crippen molar-refractivity contribution in [2.24, 2.45) is 0 Å². The molecule has 0 spiro atoms. The van der Waals surface area contributed by atoms with Crippen LogP contribution in [-0.4, -0.2) is 64.7 Å². The van der Waals surface area contributed by atoms with Gasteiger partial charge < -0.3 is 18.9 Å². The molecule has 1 unspecified atom stereocenters. The molecule has 12 heteroatoms. The van der Waals surface area contributed by atoms with Gasteiger partial charge in [0, 0.05) is 12.3 Å². The first kappa shape index (κ1) is 24.6. The average Bonchev–Trinajstić information content (AvgIpc) is 3.62. The topological polar surface area (TPSA) is 93.8 Å². The van der Waals surface area contributed by atoms with E-state index < -0.39 is 0 Å². The molecule has 186 valence electrons. The standard InChI is InChI=1S/C23H25N3O6S3/c1-2-29-21(28)14-5-7-15(8-6-14)26-19-18(35-23(26)33)20(27)25(12-16-4-3-9-30-16)22(24-19)34-13-17-31-10-11-32-17/h5-8,16-17H,2-4,9-13H2,1H3. The quantitative estimate of drug-likeness (QED) is 0.185. The minimum atomic E-state index is -0.386. The van der Waals surface area contributed by atoms with Crippen LogP contribution in [0, 0.1) is 3.95 Å². The molecular weight excluding hydrogens is 510 g/mol. The van der Waals surface area contributed by atoms with Crippen LogP contribution in [0.15, 0.2) is 34.2 Å². The number of hydrogen-bond donors (Lipinski definition) is 0. The van der Waals surface area contributed by atoms with E-state index in [2.05, 4.69) is 0 Å². The molecule has 0 radical (unpaired) electrons. The third-order valence-electron chi connectivity index (χ3n) is 5.74. The minimum Gasteiger partial charge on any atom is -0.462 e. The first-order chi connectivity index (χ1) is 17.0. The molecule has 0 bridgehead atoms. The largest absolute Gasteiger partial charge is 0.462 e. The number of carbonyl (C=O) groups excluding carboxylic acids is 1. The summed E-state index contributed by atoms with van der Waals surface area (Å²) in [5, 5.41) is 0.571. The summed E-state index contributed by atoms with van der Waals surface area (Å²) in [4.78, 5) is 30.6. The van der Waals surface area contributed by atoms with Crippen molar-refractivity contribution in [1.29, 1.82) is 0 Å². The molecule has 4 heterocycles. The Labute approximate surface area is 215 Å². The normalized spacial score (nSPS) is 18.5. The number of thiazole rings is 1. The number of aromatic nitrogens is 3. The van der Waals surface area contributed by atoms with Gasteiger partial charge in [-0.2, -0.15) is 0 Å². The molecule has 2 aliphatic rings. The summed E-state index contributed by atoms with van der Waals surface area (Å²) in [6.45, 7) is 4.34. The Kier molecular flexibility index (Phi) is 7.65. The van der Waals surface area contributed by atoms with Gasteiger partial charge >= 0.3 is 5.97 Å². The van der Waals surface area contributed by atoms with Crippen LogP contribution in [-0.2, 0) is 25.5 Å². The zero-order chi connectivity index (χ0) is 24.4. The van der Waals surface area contributed by atoms with Crippen molar-refractivity contribution >= 4 is 51.6 Å². The summed E-state index contributed by atoms with van der Waals surface area (Å²) in [7, 11) is 0. The van der Waals surface area contributed by atoms with Gasteiger partial charge in [-0.25, -0.2) is 9.78 Å². The summed E-state index contributed by atoms with van der Waals surface area (Å²) in [6, 6.07) is 6.92. The molecule has 0 amide bonds. The van der Waals surface area contributed by atoms with Gasteiger partial charge in [0.25, 0.3) is 5.56 Å². The van der Waals surface area contributed by atoms with Gasteiger partial charge in [-0.1, -0.05) is 23.1 Å².